The minimum atomic E-state index is -0.368. The summed E-state index contributed by atoms with van der Waals surface area (Å²) >= 11 is 0. The molecule has 1 saturated carbocycles. The molecule has 0 radical (unpaired) electrons. The van der Waals surface area contributed by atoms with Gasteiger partial charge in [0.05, 0.1) is 18.8 Å². The van der Waals surface area contributed by atoms with E-state index in [0.717, 1.165) is 42.8 Å². The normalized spacial score (nSPS) is 17.1. The molecular formula is C35H52O4. The fraction of sp³-hybridized carbons (Fsp3) is 0.629. The Hall–Kier alpha value is -2.49. The predicted octanol–water partition coefficient (Wildman–Crippen LogP) is 10.2. The SMILES string of the molecule is CCCCCCCCCCOc1ccc(C(=O)Oc2ccc(OCCCC3CCCCC3CCC)cc2)cc1. The molecule has 2 atom stereocenters. The lowest BCUT2D eigenvalue weighted by molar-refractivity contribution is 0.0734. The third kappa shape index (κ3) is 12.1. The van der Waals surface area contributed by atoms with Gasteiger partial charge < -0.3 is 14.2 Å². The smallest absolute Gasteiger partial charge is 0.343 e. The van der Waals surface area contributed by atoms with Gasteiger partial charge in [-0.1, -0.05) is 97.3 Å². The van der Waals surface area contributed by atoms with Gasteiger partial charge in [0.15, 0.2) is 0 Å². The molecule has 0 amide bonds. The molecular weight excluding hydrogens is 484 g/mol. The highest BCUT2D eigenvalue weighted by molar-refractivity contribution is 5.91. The summed E-state index contributed by atoms with van der Waals surface area (Å²) in [4.78, 5) is 12.6. The zero-order chi connectivity index (χ0) is 27.5. The third-order valence-corrected chi connectivity index (χ3v) is 8.10. The molecule has 0 N–H and O–H groups in total. The van der Waals surface area contributed by atoms with Gasteiger partial charge in [-0.25, -0.2) is 4.79 Å². The number of rotatable bonds is 19. The maximum absolute atomic E-state index is 12.6. The molecule has 0 saturated heterocycles. The van der Waals surface area contributed by atoms with Crippen molar-refractivity contribution in [2.75, 3.05) is 13.2 Å². The highest BCUT2D eigenvalue weighted by Gasteiger charge is 2.23. The van der Waals surface area contributed by atoms with E-state index in [0.29, 0.717) is 17.9 Å². The molecule has 2 aromatic rings. The monoisotopic (exact) mass is 536 g/mol. The van der Waals surface area contributed by atoms with Crippen LogP contribution in [0.5, 0.6) is 17.2 Å². The number of benzene rings is 2. The molecule has 216 valence electrons. The van der Waals surface area contributed by atoms with E-state index in [1.807, 2.05) is 24.3 Å². The van der Waals surface area contributed by atoms with Crippen molar-refractivity contribution in [3.05, 3.63) is 54.1 Å². The molecule has 0 bridgehead atoms. The van der Waals surface area contributed by atoms with Crippen LogP contribution >= 0.6 is 0 Å². The van der Waals surface area contributed by atoms with E-state index < -0.39 is 0 Å². The van der Waals surface area contributed by atoms with Gasteiger partial charge in [0.1, 0.15) is 17.2 Å². The minimum absolute atomic E-state index is 0.368. The second-order valence-corrected chi connectivity index (χ2v) is 11.3. The maximum Gasteiger partial charge on any atom is 0.343 e. The van der Waals surface area contributed by atoms with E-state index >= 15 is 0 Å². The first-order valence-electron chi connectivity index (χ1n) is 15.9. The lowest BCUT2D eigenvalue weighted by Crippen LogP contribution is -2.20. The van der Waals surface area contributed by atoms with E-state index in [1.54, 1.807) is 24.3 Å². The van der Waals surface area contributed by atoms with Crippen molar-refractivity contribution in [2.45, 2.75) is 117 Å². The third-order valence-electron chi connectivity index (χ3n) is 8.10. The van der Waals surface area contributed by atoms with Crippen LogP contribution in [0.15, 0.2) is 48.5 Å². The van der Waals surface area contributed by atoms with Crippen molar-refractivity contribution < 1.29 is 19.0 Å². The Morgan fingerprint density at radius 2 is 1.13 bits per heavy atom. The van der Waals surface area contributed by atoms with Crippen molar-refractivity contribution in [1.82, 2.24) is 0 Å². The number of esters is 1. The van der Waals surface area contributed by atoms with Crippen LogP contribution in [0.2, 0.25) is 0 Å². The number of carbonyl (C=O) groups is 1. The standard InChI is InChI=1S/C35H52O4/c1-3-5-6-7-8-9-10-13-27-37-32-21-19-31(20-22-32)35(36)39-34-25-23-33(24-26-34)38-28-14-18-30-17-12-11-16-29(30)15-4-2/h19-26,29-30H,3-18,27-28H2,1-2H3. The quantitative estimate of drug-likeness (QED) is 0.102. The average Bonchev–Trinajstić information content (AvgIpc) is 2.96. The molecule has 4 nitrogen and oxygen atoms in total. The zero-order valence-corrected chi connectivity index (χ0v) is 24.6. The van der Waals surface area contributed by atoms with Gasteiger partial charge in [-0.3, -0.25) is 0 Å². The summed E-state index contributed by atoms with van der Waals surface area (Å²) in [7, 11) is 0. The van der Waals surface area contributed by atoms with E-state index in [1.165, 1.54) is 89.9 Å². The van der Waals surface area contributed by atoms with Crippen LogP contribution in [-0.4, -0.2) is 19.2 Å². The lowest BCUT2D eigenvalue weighted by Gasteiger charge is -2.31. The summed E-state index contributed by atoms with van der Waals surface area (Å²) in [6.07, 6.45) is 20.9. The zero-order valence-electron chi connectivity index (χ0n) is 24.6. The summed E-state index contributed by atoms with van der Waals surface area (Å²) in [5.41, 5.74) is 0.513. The second kappa shape index (κ2) is 18.7. The molecule has 39 heavy (non-hydrogen) atoms. The first kappa shape index (κ1) is 31.0. The number of hydrogen-bond donors (Lipinski definition) is 0. The van der Waals surface area contributed by atoms with Crippen LogP contribution in [0.1, 0.15) is 127 Å². The fourth-order valence-corrected chi connectivity index (χ4v) is 5.83. The Bertz CT molecular complexity index is 903. The van der Waals surface area contributed by atoms with Crippen molar-refractivity contribution in [1.29, 1.82) is 0 Å². The summed E-state index contributed by atoms with van der Waals surface area (Å²) in [6.45, 7) is 6.01. The number of unbranched alkanes of at least 4 members (excludes halogenated alkanes) is 7. The molecule has 1 fully saturated rings. The van der Waals surface area contributed by atoms with Gasteiger partial charge in [-0.15, -0.1) is 0 Å². The summed E-state index contributed by atoms with van der Waals surface area (Å²) < 4.78 is 17.4. The molecule has 1 aliphatic rings. The fourth-order valence-electron chi connectivity index (χ4n) is 5.83. The van der Waals surface area contributed by atoms with Gasteiger partial charge in [0, 0.05) is 0 Å². The maximum atomic E-state index is 12.6. The summed E-state index contributed by atoms with van der Waals surface area (Å²) in [5.74, 6) is 3.56. The highest BCUT2D eigenvalue weighted by atomic mass is 16.5. The minimum Gasteiger partial charge on any atom is -0.494 e. The second-order valence-electron chi connectivity index (χ2n) is 11.3. The van der Waals surface area contributed by atoms with Gasteiger partial charge in [0.2, 0.25) is 0 Å². The van der Waals surface area contributed by atoms with Crippen molar-refractivity contribution >= 4 is 5.97 Å². The largest absolute Gasteiger partial charge is 0.494 e. The van der Waals surface area contributed by atoms with Gasteiger partial charge in [-0.2, -0.15) is 0 Å². The van der Waals surface area contributed by atoms with Crippen LogP contribution < -0.4 is 14.2 Å². The molecule has 2 aromatic carbocycles. The molecule has 0 aliphatic heterocycles. The first-order valence-corrected chi connectivity index (χ1v) is 15.9. The van der Waals surface area contributed by atoms with Gasteiger partial charge in [0.25, 0.3) is 0 Å². The first-order chi connectivity index (χ1) is 19.2. The average molecular weight is 537 g/mol. The molecule has 0 aromatic heterocycles. The predicted molar refractivity (Wildman–Crippen MR) is 161 cm³/mol. The lowest BCUT2D eigenvalue weighted by atomic mass is 9.75. The summed E-state index contributed by atoms with van der Waals surface area (Å²) in [5, 5.41) is 0. The van der Waals surface area contributed by atoms with Crippen LogP contribution in [0.25, 0.3) is 0 Å². The van der Waals surface area contributed by atoms with E-state index in [2.05, 4.69) is 13.8 Å². The Morgan fingerprint density at radius 3 is 1.74 bits per heavy atom. The van der Waals surface area contributed by atoms with E-state index in [-0.39, 0.29) is 5.97 Å². The van der Waals surface area contributed by atoms with E-state index in [9.17, 15) is 4.79 Å². The Labute approximate surface area is 237 Å². The van der Waals surface area contributed by atoms with Gasteiger partial charge in [-0.05, 0) is 79.6 Å². The van der Waals surface area contributed by atoms with Crippen LogP contribution in [-0.2, 0) is 0 Å². The van der Waals surface area contributed by atoms with Crippen LogP contribution in [0, 0.1) is 11.8 Å². The van der Waals surface area contributed by atoms with Crippen molar-refractivity contribution in [2.24, 2.45) is 11.8 Å². The molecule has 4 heteroatoms. The summed E-state index contributed by atoms with van der Waals surface area (Å²) in [6, 6.07) is 14.6. The Kier molecular flexibility index (Phi) is 14.9. The van der Waals surface area contributed by atoms with Crippen LogP contribution in [0.4, 0.5) is 0 Å². The molecule has 0 heterocycles. The topological polar surface area (TPSA) is 44.8 Å². The number of carbonyl (C=O) groups excluding carboxylic acids is 1. The molecule has 0 spiro atoms. The number of ether oxygens (including phenoxy) is 3. The van der Waals surface area contributed by atoms with Crippen molar-refractivity contribution in [3.63, 3.8) is 0 Å². The molecule has 1 aliphatic carbocycles. The van der Waals surface area contributed by atoms with Crippen molar-refractivity contribution in [3.8, 4) is 17.2 Å². The Morgan fingerprint density at radius 1 is 0.615 bits per heavy atom. The van der Waals surface area contributed by atoms with E-state index in [4.69, 9.17) is 14.2 Å². The molecule has 3 rings (SSSR count). The highest BCUT2D eigenvalue weighted by Crippen LogP contribution is 2.36. The Balaban J connectivity index is 1.30. The van der Waals surface area contributed by atoms with Gasteiger partial charge >= 0.3 is 5.97 Å². The van der Waals surface area contributed by atoms with Crippen LogP contribution in [0.3, 0.4) is 0 Å². The molecule has 2 unspecified atom stereocenters. The number of hydrogen-bond acceptors (Lipinski definition) is 4.